The van der Waals surface area contributed by atoms with Gasteiger partial charge >= 0.3 is 0 Å². The van der Waals surface area contributed by atoms with Crippen LogP contribution in [0.4, 0.5) is 15.8 Å². The van der Waals surface area contributed by atoms with Crippen LogP contribution < -0.4 is 19.7 Å². The highest BCUT2D eigenvalue weighted by atomic mass is 79.9. The summed E-state index contributed by atoms with van der Waals surface area (Å²) >= 11 is 4.45. The first kappa shape index (κ1) is 24.5. The molecular weight excluding hydrogens is 537 g/mol. The Morgan fingerprint density at radius 3 is 2.54 bits per heavy atom. The van der Waals surface area contributed by atoms with E-state index in [2.05, 4.69) is 21.2 Å². The van der Waals surface area contributed by atoms with Crippen LogP contribution in [-0.4, -0.2) is 30.7 Å². The van der Waals surface area contributed by atoms with Crippen molar-refractivity contribution in [2.75, 3.05) is 23.9 Å². The maximum absolute atomic E-state index is 13.1. The number of nitrogens with zero attached hydrogens (tertiary/aromatic N) is 1. The number of nitrogens with one attached hydrogen (secondary N) is 2. The van der Waals surface area contributed by atoms with Crippen molar-refractivity contribution in [1.82, 2.24) is 0 Å². The lowest BCUT2D eigenvalue weighted by molar-refractivity contribution is -0.118. The summed E-state index contributed by atoms with van der Waals surface area (Å²) in [4.78, 5) is 27.0. The molecule has 0 unspecified atom stereocenters. The number of carbonyl (C=O) groups is 2. The average Bonchev–Trinajstić information content (AvgIpc) is 3.12. The number of benzene rings is 3. The van der Waals surface area contributed by atoms with Crippen LogP contribution in [-0.2, 0) is 9.59 Å². The molecule has 0 aromatic heterocycles. The van der Waals surface area contributed by atoms with E-state index in [4.69, 9.17) is 14.9 Å². The van der Waals surface area contributed by atoms with Crippen molar-refractivity contribution in [2.45, 2.75) is 0 Å². The second-order valence-electron chi connectivity index (χ2n) is 7.28. The minimum atomic E-state index is -0.420. The van der Waals surface area contributed by atoms with E-state index in [1.54, 1.807) is 55.7 Å². The molecule has 1 saturated heterocycles. The van der Waals surface area contributed by atoms with Crippen molar-refractivity contribution in [3.05, 3.63) is 87.5 Å². The Morgan fingerprint density at radius 2 is 1.86 bits per heavy atom. The number of anilines is 2. The average molecular weight is 556 g/mol. The molecule has 0 atom stereocenters. The Balaban J connectivity index is 1.50. The molecule has 3 aromatic carbocycles. The topological polar surface area (TPSA) is 91.7 Å². The van der Waals surface area contributed by atoms with E-state index < -0.39 is 11.7 Å². The van der Waals surface area contributed by atoms with Crippen LogP contribution in [0.2, 0.25) is 0 Å². The number of halogens is 2. The molecule has 0 bridgehead atoms. The SMILES string of the molecule is COc1ccc(N2C(=N)S/C(=C\c3cc(Br)ccc3OCC(=O)Nc3ccc(F)cc3)C2=O)cc1. The predicted octanol–water partition coefficient (Wildman–Crippen LogP) is 5.67. The van der Waals surface area contributed by atoms with E-state index in [0.29, 0.717) is 33.3 Å². The Hall–Kier alpha value is -3.63. The van der Waals surface area contributed by atoms with E-state index in [1.165, 1.54) is 29.2 Å². The van der Waals surface area contributed by atoms with Gasteiger partial charge in [-0.2, -0.15) is 0 Å². The van der Waals surface area contributed by atoms with E-state index >= 15 is 0 Å². The number of amides is 2. The Kier molecular flexibility index (Phi) is 7.52. The first-order valence-electron chi connectivity index (χ1n) is 10.3. The van der Waals surface area contributed by atoms with Gasteiger partial charge in [-0.05, 0) is 84.6 Å². The van der Waals surface area contributed by atoms with Crippen LogP contribution in [0, 0.1) is 11.2 Å². The molecule has 1 fully saturated rings. The maximum atomic E-state index is 13.1. The van der Waals surface area contributed by atoms with E-state index in [-0.39, 0.29) is 17.7 Å². The lowest BCUT2D eigenvalue weighted by Crippen LogP contribution is -2.28. The molecule has 0 saturated carbocycles. The van der Waals surface area contributed by atoms with Gasteiger partial charge < -0.3 is 14.8 Å². The van der Waals surface area contributed by atoms with Gasteiger partial charge in [0, 0.05) is 15.7 Å². The number of methoxy groups -OCH3 is 1. The third kappa shape index (κ3) is 5.90. The summed E-state index contributed by atoms with van der Waals surface area (Å²) < 4.78 is 24.7. The third-order valence-electron chi connectivity index (χ3n) is 4.90. The zero-order chi connectivity index (χ0) is 24.9. The summed E-state index contributed by atoms with van der Waals surface area (Å²) in [6, 6.07) is 17.5. The minimum Gasteiger partial charge on any atom is -0.497 e. The molecule has 1 heterocycles. The summed E-state index contributed by atoms with van der Waals surface area (Å²) in [5.41, 5.74) is 1.57. The van der Waals surface area contributed by atoms with Gasteiger partial charge in [-0.25, -0.2) is 4.39 Å². The van der Waals surface area contributed by atoms with Crippen LogP contribution in [0.15, 0.2) is 76.1 Å². The smallest absolute Gasteiger partial charge is 0.271 e. The fraction of sp³-hybridized carbons (Fsp3) is 0.0800. The molecule has 1 aliphatic heterocycles. The summed E-state index contributed by atoms with van der Waals surface area (Å²) in [6.45, 7) is -0.288. The van der Waals surface area contributed by atoms with Crippen molar-refractivity contribution < 1.29 is 23.5 Å². The fourth-order valence-corrected chi connectivity index (χ4v) is 4.46. The first-order chi connectivity index (χ1) is 16.8. The molecule has 3 aromatic rings. The highest BCUT2D eigenvalue weighted by molar-refractivity contribution is 9.10. The van der Waals surface area contributed by atoms with Crippen LogP contribution in [0.3, 0.4) is 0 Å². The highest BCUT2D eigenvalue weighted by Gasteiger charge is 2.33. The maximum Gasteiger partial charge on any atom is 0.271 e. The van der Waals surface area contributed by atoms with Crippen LogP contribution in [0.5, 0.6) is 11.5 Å². The van der Waals surface area contributed by atoms with E-state index in [0.717, 1.165) is 16.2 Å². The molecule has 2 amide bonds. The number of rotatable bonds is 7. The Bertz CT molecular complexity index is 1310. The molecule has 0 spiro atoms. The second-order valence-corrected chi connectivity index (χ2v) is 9.23. The summed E-state index contributed by atoms with van der Waals surface area (Å²) in [7, 11) is 1.55. The van der Waals surface area contributed by atoms with Crippen LogP contribution in [0.1, 0.15) is 5.56 Å². The van der Waals surface area contributed by atoms with Crippen molar-refractivity contribution >= 4 is 62.1 Å². The van der Waals surface area contributed by atoms with Crippen molar-refractivity contribution in [3.63, 3.8) is 0 Å². The highest BCUT2D eigenvalue weighted by Crippen LogP contribution is 2.37. The number of hydrogen-bond acceptors (Lipinski definition) is 6. The molecule has 0 aliphatic carbocycles. The first-order valence-corrected chi connectivity index (χ1v) is 11.9. The molecule has 4 rings (SSSR count). The van der Waals surface area contributed by atoms with Crippen molar-refractivity contribution in [3.8, 4) is 11.5 Å². The van der Waals surface area contributed by atoms with Crippen LogP contribution >= 0.6 is 27.7 Å². The number of ether oxygens (including phenoxy) is 2. The molecule has 35 heavy (non-hydrogen) atoms. The Morgan fingerprint density at radius 1 is 1.14 bits per heavy atom. The Labute approximate surface area is 213 Å². The van der Waals surface area contributed by atoms with Gasteiger partial charge in [0.1, 0.15) is 17.3 Å². The van der Waals surface area contributed by atoms with Gasteiger partial charge in [-0.15, -0.1) is 0 Å². The van der Waals surface area contributed by atoms with Gasteiger partial charge in [0.2, 0.25) is 0 Å². The lowest BCUT2D eigenvalue weighted by atomic mass is 10.2. The van der Waals surface area contributed by atoms with Gasteiger partial charge in [-0.1, -0.05) is 15.9 Å². The third-order valence-corrected chi connectivity index (χ3v) is 6.28. The molecule has 178 valence electrons. The largest absolute Gasteiger partial charge is 0.497 e. The second kappa shape index (κ2) is 10.7. The predicted molar refractivity (Wildman–Crippen MR) is 138 cm³/mol. The zero-order valence-corrected chi connectivity index (χ0v) is 20.8. The molecule has 2 N–H and O–H groups in total. The molecule has 0 radical (unpaired) electrons. The summed E-state index contributed by atoms with van der Waals surface area (Å²) in [5, 5.41) is 11.0. The quantitative estimate of drug-likeness (QED) is 0.366. The fourth-order valence-electron chi connectivity index (χ4n) is 3.23. The van der Waals surface area contributed by atoms with Crippen molar-refractivity contribution in [1.29, 1.82) is 5.41 Å². The number of carbonyl (C=O) groups excluding carboxylic acids is 2. The van der Waals surface area contributed by atoms with Gasteiger partial charge in [0.25, 0.3) is 11.8 Å². The zero-order valence-electron chi connectivity index (χ0n) is 18.4. The van der Waals surface area contributed by atoms with Gasteiger partial charge in [-0.3, -0.25) is 19.9 Å². The number of hydrogen-bond donors (Lipinski definition) is 2. The van der Waals surface area contributed by atoms with Gasteiger partial charge in [0.15, 0.2) is 11.8 Å². The monoisotopic (exact) mass is 555 g/mol. The van der Waals surface area contributed by atoms with Gasteiger partial charge in [0.05, 0.1) is 17.7 Å². The molecule has 7 nitrogen and oxygen atoms in total. The summed E-state index contributed by atoms with van der Waals surface area (Å²) in [6.07, 6.45) is 1.63. The molecular formula is C25H19BrFN3O4S. The van der Waals surface area contributed by atoms with E-state index in [9.17, 15) is 14.0 Å². The normalized spacial score (nSPS) is 14.4. The lowest BCUT2D eigenvalue weighted by Gasteiger charge is -2.14. The molecule has 1 aliphatic rings. The van der Waals surface area contributed by atoms with E-state index in [1.807, 2.05) is 0 Å². The number of amidine groups is 1. The minimum absolute atomic E-state index is 0.0718. The van der Waals surface area contributed by atoms with Crippen LogP contribution in [0.25, 0.3) is 6.08 Å². The molecule has 10 heteroatoms. The number of thioether (sulfide) groups is 1. The standard InChI is InChI=1S/C25H19BrFN3O4S/c1-33-20-9-7-19(8-10-20)30-24(32)22(35-25(30)28)13-15-12-16(26)2-11-21(15)34-14-23(31)29-18-5-3-17(27)4-6-18/h2-13,28H,14H2,1H3,(H,29,31)/b22-13-,28-25?. The van der Waals surface area contributed by atoms with Crippen molar-refractivity contribution in [2.24, 2.45) is 0 Å². The summed E-state index contributed by atoms with van der Waals surface area (Å²) in [5.74, 6) is -0.126.